The molecule has 2 amide bonds. The smallest absolute Gasteiger partial charge is 0.244 e. The number of sulfone groups is 1. The molecule has 140 valence electrons. The lowest BCUT2D eigenvalue weighted by molar-refractivity contribution is -0.134. The van der Waals surface area contributed by atoms with E-state index in [1.54, 1.807) is 6.92 Å². The van der Waals surface area contributed by atoms with E-state index in [2.05, 4.69) is 5.32 Å². The topological polar surface area (TPSA) is 83.6 Å². The number of hydrogen-bond donors (Lipinski definition) is 1. The summed E-state index contributed by atoms with van der Waals surface area (Å²) in [5, 5.41) is 2.06. The number of amides is 2. The summed E-state index contributed by atoms with van der Waals surface area (Å²) in [7, 11) is -3.33. The van der Waals surface area contributed by atoms with Crippen LogP contribution in [0.5, 0.6) is 0 Å². The van der Waals surface area contributed by atoms with Gasteiger partial charge < -0.3 is 10.2 Å². The van der Waals surface area contributed by atoms with Gasteiger partial charge in [0.1, 0.15) is 9.84 Å². The number of nitrogens with one attached hydrogen (secondary N) is 1. The van der Waals surface area contributed by atoms with Crippen molar-refractivity contribution in [3.05, 3.63) is 29.6 Å². The second-order valence-corrected chi connectivity index (χ2v) is 7.73. The highest BCUT2D eigenvalue weighted by atomic mass is 32.2. The third kappa shape index (κ3) is 6.73. The summed E-state index contributed by atoms with van der Waals surface area (Å²) in [4.78, 5) is 25.1. The molecule has 0 saturated carbocycles. The molecule has 1 rings (SSSR count). The molecule has 1 aromatic carbocycles. The first-order chi connectivity index (χ1) is 11.5. The Hall–Kier alpha value is -2.10. The Morgan fingerprint density at radius 2 is 1.80 bits per heavy atom. The minimum atomic E-state index is -3.33. The quantitative estimate of drug-likeness (QED) is 0.696. The Morgan fingerprint density at radius 3 is 2.36 bits per heavy atom. The predicted octanol–water partition coefficient (Wildman–Crippen LogP) is 1.72. The normalized spacial score (nSPS) is 11.2. The summed E-state index contributed by atoms with van der Waals surface area (Å²) in [6.45, 7) is 1.48. The highest BCUT2D eigenvalue weighted by Gasteiger charge is 2.20. The Labute approximate surface area is 143 Å². The highest BCUT2D eigenvalue weighted by Crippen LogP contribution is 2.19. The van der Waals surface area contributed by atoms with Crippen LogP contribution >= 0.6 is 0 Å². The molecular weight excluding hydrogens is 361 g/mol. The Kier molecular flexibility index (Phi) is 7.40. The summed E-state index contributed by atoms with van der Waals surface area (Å²) in [5.41, 5.74) is -0.552. The average molecular weight is 380 g/mol. The van der Waals surface area contributed by atoms with Gasteiger partial charge in [0.2, 0.25) is 11.8 Å². The van der Waals surface area contributed by atoms with Crippen LogP contribution < -0.4 is 5.32 Å². The predicted molar refractivity (Wildman–Crippen MR) is 86.1 cm³/mol. The zero-order chi connectivity index (χ0) is 19.2. The van der Waals surface area contributed by atoms with Gasteiger partial charge in [-0.3, -0.25) is 9.59 Å². The van der Waals surface area contributed by atoms with Gasteiger partial charge in [-0.25, -0.2) is 21.6 Å². The molecule has 0 bridgehead atoms. The minimum Gasteiger partial charge on any atom is -0.333 e. The first-order valence-corrected chi connectivity index (χ1v) is 9.50. The van der Waals surface area contributed by atoms with Crippen LogP contribution in [-0.4, -0.2) is 50.2 Å². The van der Waals surface area contributed by atoms with Gasteiger partial charge in [-0.1, -0.05) is 6.92 Å². The fourth-order valence-electron chi connectivity index (χ4n) is 1.98. The van der Waals surface area contributed by atoms with Crippen molar-refractivity contribution in [3.63, 3.8) is 0 Å². The maximum absolute atomic E-state index is 13.5. The van der Waals surface area contributed by atoms with E-state index in [4.69, 9.17) is 0 Å². The van der Waals surface area contributed by atoms with Gasteiger partial charge in [-0.05, 0) is 18.6 Å². The van der Waals surface area contributed by atoms with Crippen LogP contribution in [0.15, 0.2) is 12.1 Å². The zero-order valence-corrected chi connectivity index (χ0v) is 14.6. The zero-order valence-electron chi connectivity index (χ0n) is 13.8. The van der Waals surface area contributed by atoms with Gasteiger partial charge in [0.05, 0.1) is 18.0 Å². The fourth-order valence-corrected chi connectivity index (χ4v) is 2.52. The molecule has 10 heteroatoms. The van der Waals surface area contributed by atoms with Crippen molar-refractivity contribution < 1.29 is 31.2 Å². The van der Waals surface area contributed by atoms with Gasteiger partial charge in [-0.2, -0.15) is 0 Å². The number of hydrogen-bond acceptors (Lipinski definition) is 4. The molecule has 0 aliphatic rings. The van der Waals surface area contributed by atoms with E-state index in [-0.39, 0.29) is 18.7 Å². The van der Waals surface area contributed by atoms with Crippen molar-refractivity contribution in [2.75, 3.05) is 30.4 Å². The standard InChI is InChI=1S/C15H19F3N2O4S/c1-3-7-20(13(22)6-8-25(2,23)24)9-12(21)19-11-5-4-10(16)14(17)15(11)18/h4-5H,3,6-9H2,1-2H3,(H,19,21). The van der Waals surface area contributed by atoms with Crippen LogP contribution in [0.3, 0.4) is 0 Å². The van der Waals surface area contributed by atoms with Crippen LogP contribution in [0.25, 0.3) is 0 Å². The number of carbonyl (C=O) groups excluding carboxylic acids is 2. The number of anilines is 1. The highest BCUT2D eigenvalue weighted by molar-refractivity contribution is 7.90. The van der Waals surface area contributed by atoms with Gasteiger partial charge in [0, 0.05) is 19.2 Å². The van der Waals surface area contributed by atoms with Crippen molar-refractivity contribution in [1.29, 1.82) is 0 Å². The lowest BCUT2D eigenvalue weighted by Gasteiger charge is -2.21. The molecule has 0 aromatic heterocycles. The van der Waals surface area contributed by atoms with Crippen molar-refractivity contribution in [3.8, 4) is 0 Å². The van der Waals surface area contributed by atoms with Gasteiger partial charge in [-0.15, -0.1) is 0 Å². The molecule has 0 aliphatic heterocycles. The van der Waals surface area contributed by atoms with Crippen LogP contribution in [0.4, 0.5) is 18.9 Å². The number of rotatable bonds is 8. The van der Waals surface area contributed by atoms with E-state index in [9.17, 15) is 31.2 Å². The summed E-state index contributed by atoms with van der Waals surface area (Å²) in [5.74, 6) is -6.37. The van der Waals surface area contributed by atoms with Crippen LogP contribution in [0, 0.1) is 17.5 Å². The van der Waals surface area contributed by atoms with Crippen molar-refractivity contribution >= 4 is 27.3 Å². The molecule has 6 nitrogen and oxygen atoms in total. The summed E-state index contributed by atoms with van der Waals surface area (Å²) in [6.07, 6.45) is 1.21. The first-order valence-electron chi connectivity index (χ1n) is 7.44. The Morgan fingerprint density at radius 1 is 1.16 bits per heavy atom. The van der Waals surface area contributed by atoms with Gasteiger partial charge in [0.15, 0.2) is 17.5 Å². The van der Waals surface area contributed by atoms with Crippen molar-refractivity contribution in [1.82, 2.24) is 4.90 Å². The van der Waals surface area contributed by atoms with Crippen molar-refractivity contribution in [2.45, 2.75) is 19.8 Å². The Balaban J connectivity index is 2.76. The van der Waals surface area contributed by atoms with Crippen LogP contribution in [0.1, 0.15) is 19.8 Å². The molecule has 25 heavy (non-hydrogen) atoms. The third-order valence-corrected chi connectivity index (χ3v) is 4.12. The summed E-state index contributed by atoms with van der Waals surface area (Å²) < 4.78 is 61.8. The third-order valence-electron chi connectivity index (χ3n) is 3.18. The molecule has 0 heterocycles. The molecular formula is C15H19F3N2O4S. The maximum atomic E-state index is 13.5. The average Bonchev–Trinajstić information content (AvgIpc) is 2.52. The lowest BCUT2D eigenvalue weighted by atomic mass is 10.2. The second kappa shape index (κ2) is 8.84. The molecule has 0 unspecified atom stereocenters. The lowest BCUT2D eigenvalue weighted by Crippen LogP contribution is -2.39. The number of benzene rings is 1. The molecule has 0 saturated heterocycles. The number of halogens is 3. The van der Waals surface area contributed by atoms with E-state index in [1.165, 1.54) is 0 Å². The van der Waals surface area contributed by atoms with Crippen LogP contribution in [-0.2, 0) is 19.4 Å². The Bertz CT molecular complexity index is 753. The molecule has 0 aliphatic carbocycles. The van der Waals surface area contributed by atoms with Gasteiger partial charge in [0.25, 0.3) is 0 Å². The van der Waals surface area contributed by atoms with E-state index in [1.807, 2.05) is 0 Å². The van der Waals surface area contributed by atoms with E-state index < -0.39 is 51.3 Å². The van der Waals surface area contributed by atoms with E-state index >= 15 is 0 Å². The minimum absolute atomic E-state index is 0.191. The molecule has 1 N–H and O–H groups in total. The van der Waals surface area contributed by atoms with E-state index in [0.717, 1.165) is 17.2 Å². The SMILES string of the molecule is CCCN(CC(=O)Nc1ccc(F)c(F)c1F)C(=O)CCS(C)(=O)=O. The van der Waals surface area contributed by atoms with E-state index in [0.29, 0.717) is 12.5 Å². The first kappa shape index (κ1) is 20.9. The van der Waals surface area contributed by atoms with Crippen molar-refractivity contribution in [2.24, 2.45) is 0 Å². The summed E-state index contributed by atoms with van der Waals surface area (Å²) in [6, 6.07) is 1.52. The number of nitrogens with zero attached hydrogens (tertiary/aromatic N) is 1. The molecule has 0 fully saturated rings. The molecule has 0 radical (unpaired) electrons. The van der Waals surface area contributed by atoms with Crippen LogP contribution in [0.2, 0.25) is 0 Å². The molecule has 0 atom stereocenters. The number of carbonyl (C=O) groups is 2. The molecule has 0 spiro atoms. The maximum Gasteiger partial charge on any atom is 0.244 e. The van der Waals surface area contributed by atoms with Gasteiger partial charge >= 0.3 is 0 Å². The summed E-state index contributed by atoms with van der Waals surface area (Å²) >= 11 is 0. The molecule has 1 aromatic rings. The fraction of sp³-hybridized carbons (Fsp3) is 0.467. The monoisotopic (exact) mass is 380 g/mol. The second-order valence-electron chi connectivity index (χ2n) is 5.47. The largest absolute Gasteiger partial charge is 0.333 e.